The van der Waals surface area contributed by atoms with Crippen molar-refractivity contribution >= 4 is 28.2 Å². The van der Waals surface area contributed by atoms with Crippen molar-refractivity contribution < 1.29 is 4.79 Å². The first-order chi connectivity index (χ1) is 9.74. The lowest BCUT2D eigenvalue weighted by Gasteiger charge is -2.07. The van der Waals surface area contributed by atoms with E-state index in [4.69, 9.17) is 5.73 Å². The van der Waals surface area contributed by atoms with E-state index >= 15 is 0 Å². The number of carbonyl (C=O) groups is 1. The van der Waals surface area contributed by atoms with Gasteiger partial charge in [0.25, 0.3) is 5.91 Å². The van der Waals surface area contributed by atoms with Crippen LogP contribution in [-0.4, -0.2) is 10.9 Å². The molecule has 0 aliphatic rings. The summed E-state index contributed by atoms with van der Waals surface area (Å²) in [5, 5.41) is 3.79. The van der Waals surface area contributed by atoms with E-state index in [0.29, 0.717) is 16.9 Å². The maximum Gasteiger partial charge on any atom is 0.257 e. The molecule has 0 unspecified atom stereocenters. The second kappa shape index (κ2) is 5.01. The Morgan fingerprint density at radius 2 is 1.80 bits per heavy atom. The third kappa shape index (κ3) is 2.31. The molecule has 3 rings (SSSR count). The molecular formula is C16H13N3O. The Balaban J connectivity index is 1.89. The Kier molecular flexibility index (Phi) is 3.05. The maximum atomic E-state index is 12.2. The molecule has 0 atom stereocenters. The molecule has 98 valence electrons. The van der Waals surface area contributed by atoms with Crippen molar-refractivity contribution in [3.63, 3.8) is 0 Å². The van der Waals surface area contributed by atoms with Gasteiger partial charge in [0.15, 0.2) is 0 Å². The van der Waals surface area contributed by atoms with Crippen molar-refractivity contribution in [3.05, 3.63) is 66.4 Å². The molecule has 1 aromatic heterocycles. The summed E-state index contributed by atoms with van der Waals surface area (Å²) in [7, 11) is 0. The van der Waals surface area contributed by atoms with Gasteiger partial charge in [0.1, 0.15) is 0 Å². The molecule has 0 aliphatic heterocycles. The van der Waals surface area contributed by atoms with Gasteiger partial charge >= 0.3 is 0 Å². The van der Waals surface area contributed by atoms with Gasteiger partial charge in [-0.2, -0.15) is 0 Å². The molecule has 2 aromatic carbocycles. The summed E-state index contributed by atoms with van der Waals surface area (Å²) in [6.07, 6.45) is 1.64. The zero-order chi connectivity index (χ0) is 13.9. The monoisotopic (exact) mass is 263 g/mol. The van der Waals surface area contributed by atoms with Gasteiger partial charge in [-0.25, -0.2) is 0 Å². The van der Waals surface area contributed by atoms with Crippen LogP contribution in [0.1, 0.15) is 10.4 Å². The first-order valence-electron chi connectivity index (χ1n) is 6.25. The number of hydrogen-bond acceptors (Lipinski definition) is 3. The van der Waals surface area contributed by atoms with E-state index in [1.54, 1.807) is 30.5 Å². The predicted molar refractivity (Wildman–Crippen MR) is 80.6 cm³/mol. The summed E-state index contributed by atoms with van der Waals surface area (Å²) in [6, 6.07) is 16.6. The van der Waals surface area contributed by atoms with Crippen LogP contribution in [0.4, 0.5) is 11.4 Å². The molecule has 4 heteroatoms. The molecule has 0 aliphatic carbocycles. The number of nitrogen functional groups attached to an aromatic ring is 1. The number of benzene rings is 2. The minimum Gasteiger partial charge on any atom is -0.398 e. The number of nitrogens with two attached hydrogens (primary N) is 1. The summed E-state index contributed by atoms with van der Waals surface area (Å²) in [6.45, 7) is 0. The average molecular weight is 263 g/mol. The van der Waals surface area contributed by atoms with E-state index in [9.17, 15) is 4.79 Å². The van der Waals surface area contributed by atoms with Crippen LogP contribution in [0.25, 0.3) is 10.9 Å². The molecule has 0 saturated heterocycles. The molecule has 4 nitrogen and oxygen atoms in total. The minimum absolute atomic E-state index is 0.236. The van der Waals surface area contributed by atoms with Gasteiger partial charge in [-0.05, 0) is 24.3 Å². The van der Waals surface area contributed by atoms with E-state index in [-0.39, 0.29) is 5.91 Å². The largest absolute Gasteiger partial charge is 0.398 e. The normalized spacial score (nSPS) is 10.4. The molecule has 0 fully saturated rings. The van der Waals surface area contributed by atoms with Crippen LogP contribution in [0.2, 0.25) is 0 Å². The summed E-state index contributed by atoms with van der Waals surface area (Å²) >= 11 is 0. The topological polar surface area (TPSA) is 68.0 Å². The second-order valence-corrected chi connectivity index (χ2v) is 4.46. The Bertz CT molecular complexity index is 783. The Morgan fingerprint density at radius 1 is 1.05 bits per heavy atom. The Morgan fingerprint density at radius 3 is 2.65 bits per heavy atom. The van der Waals surface area contributed by atoms with E-state index < -0.39 is 0 Å². The second-order valence-electron chi connectivity index (χ2n) is 4.46. The molecule has 1 heterocycles. The highest BCUT2D eigenvalue weighted by molar-refractivity contribution is 6.08. The van der Waals surface area contributed by atoms with Gasteiger partial charge in [0.2, 0.25) is 0 Å². The summed E-state index contributed by atoms with van der Waals surface area (Å²) in [4.78, 5) is 16.5. The molecule has 1 amide bonds. The summed E-state index contributed by atoms with van der Waals surface area (Å²) in [5.74, 6) is -0.236. The first kappa shape index (κ1) is 12.2. The Labute approximate surface area is 116 Å². The third-order valence-corrected chi connectivity index (χ3v) is 3.05. The number of carbonyl (C=O) groups excluding carboxylic acids is 1. The lowest BCUT2D eigenvalue weighted by molar-refractivity contribution is 0.102. The highest BCUT2D eigenvalue weighted by Gasteiger charge is 2.09. The van der Waals surface area contributed by atoms with Crippen molar-refractivity contribution in [1.29, 1.82) is 0 Å². The number of para-hydroxylation sites is 2. The smallest absolute Gasteiger partial charge is 0.257 e. The van der Waals surface area contributed by atoms with Crippen LogP contribution in [0.15, 0.2) is 60.8 Å². The van der Waals surface area contributed by atoms with Gasteiger partial charge in [-0.15, -0.1) is 0 Å². The maximum absolute atomic E-state index is 12.2. The van der Waals surface area contributed by atoms with E-state index in [2.05, 4.69) is 10.3 Å². The number of hydrogen-bond donors (Lipinski definition) is 2. The number of pyridine rings is 1. The van der Waals surface area contributed by atoms with Crippen LogP contribution in [0.3, 0.4) is 0 Å². The fraction of sp³-hybridized carbons (Fsp3) is 0. The number of fused-ring (bicyclic) bond motifs is 1. The number of anilines is 2. The highest BCUT2D eigenvalue weighted by Crippen LogP contribution is 2.18. The predicted octanol–water partition coefficient (Wildman–Crippen LogP) is 3.07. The number of aromatic nitrogens is 1. The number of rotatable bonds is 2. The average Bonchev–Trinajstić information content (AvgIpc) is 2.47. The van der Waals surface area contributed by atoms with Crippen molar-refractivity contribution in [3.8, 4) is 0 Å². The van der Waals surface area contributed by atoms with Crippen LogP contribution < -0.4 is 11.1 Å². The van der Waals surface area contributed by atoms with Gasteiger partial charge in [0.05, 0.1) is 23.0 Å². The van der Waals surface area contributed by atoms with Gasteiger partial charge in [-0.3, -0.25) is 9.78 Å². The number of nitrogens with one attached hydrogen (secondary N) is 1. The lowest BCUT2D eigenvalue weighted by Crippen LogP contribution is -2.14. The van der Waals surface area contributed by atoms with Crippen LogP contribution in [0.5, 0.6) is 0 Å². The number of nitrogens with zero attached hydrogens (tertiary/aromatic N) is 1. The van der Waals surface area contributed by atoms with Crippen molar-refractivity contribution in [1.82, 2.24) is 4.98 Å². The van der Waals surface area contributed by atoms with E-state index in [0.717, 1.165) is 10.9 Å². The molecule has 0 spiro atoms. The van der Waals surface area contributed by atoms with Gasteiger partial charge < -0.3 is 11.1 Å². The molecule has 0 saturated carbocycles. The quantitative estimate of drug-likeness (QED) is 0.698. The van der Waals surface area contributed by atoms with Gasteiger partial charge in [0, 0.05) is 11.1 Å². The molecule has 3 N–H and O–H groups in total. The summed E-state index contributed by atoms with van der Waals surface area (Å²) in [5.41, 5.74) is 8.25. The standard InChI is InChI=1S/C16H13N3O/c17-14-7-3-2-6-13(14)16(20)19-12-9-11-5-1-4-8-15(11)18-10-12/h1-10H,17H2,(H,19,20). The van der Waals surface area contributed by atoms with Gasteiger partial charge in [-0.1, -0.05) is 30.3 Å². The van der Waals surface area contributed by atoms with Crippen molar-refractivity contribution in [2.45, 2.75) is 0 Å². The fourth-order valence-corrected chi connectivity index (χ4v) is 2.04. The zero-order valence-electron chi connectivity index (χ0n) is 10.7. The highest BCUT2D eigenvalue weighted by atomic mass is 16.1. The van der Waals surface area contributed by atoms with Crippen LogP contribution in [-0.2, 0) is 0 Å². The Hall–Kier alpha value is -2.88. The zero-order valence-corrected chi connectivity index (χ0v) is 10.7. The van der Waals surface area contributed by atoms with Crippen LogP contribution >= 0.6 is 0 Å². The van der Waals surface area contributed by atoms with Crippen molar-refractivity contribution in [2.75, 3.05) is 11.1 Å². The molecule has 0 bridgehead atoms. The van der Waals surface area contributed by atoms with E-state index in [1.165, 1.54) is 0 Å². The molecule has 0 radical (unpaired) electrons. The lowest BCUT2D eigenvalue weighted by atomic mass is 10.1. The summed E-state index contributed by atoms with van der Waals surface area (Å²) < 4.78 is 0. The molecule has 3 aromatic rings. The van der Waals surface area contributed by atoms with Crippen LogP contribution in [0, 0.1) is 0 Å². The fourth-order valence-electron chi connectivity index (χ4n) is 2.04. The SMILES string of the molecule is Nc1ccccc1C(=O)Nc1cnc2ccccc2c1. The third-order valence-electron chi connectivity index (χ3n) is 3.05. The minimum atomic E-state index is -0.236. The first-order valence-corrected chi connectivity index (χ1v) is 6.25. The molecular weight excluding hydrogens is 250 g/mol. The number of amides is 1. The van der Waals surface area contributed by atoms with E-state index in [1.807, 2.05) is 30.3 Å². The molecule has 20 heavy (non-hydrogen) atoms. The van der Waals surface area contributed by atoms with Crippen molar-refractivity contribution in [2.24, 2.45) is 0 Å².